The van der Waals surface area contributed by atoms with E-state index in [0.29, 0.717) is 5.84 Å². The largest absolute Gasteiger partial charge is 0.497 e. The average Bonchev–Trinajstić information content (AvgIpc) is 2.72. The van der Waals surface area contributed by atoms with Crippen molar-refractivity contribution in [1.29, 1.82) is 0 Å². The van der Waals surface area contributed by atoms with Crippen molar-refractivity contribution in [3.63, 3.8) is 0 Å². The Morgan fingerprint density at radius 3 is 2.65 bits per heavy atom. The molecule has 0 aromatic heterocycles. The fourth-order valence-electron chi connectivity index (χ4n) is 1.81. The van der Waals surface area contributed by atoms with Crippen LogP contribution in [0.1, 0.15) is 25.3 Å². The molecule has 0 aliphatic carbocycles. The molecule has 1 aromatic carbocycles. The van der Waals surface area contributed by atoms with Gasteiger partial charge in [0.25, 0.3) is 0 Å². The molecule has 1 N–H and O–H groups in total. The second kappa shape index (κ2) is 4.99. The molecule has 0 saturated heterocycles. The molecule has 1 heterocycles. The zero-order valence-corrected chi connectivity index (χ0v) is 10.1. The van der Waals surface area contributed by atoms with Crippen molar-refractivity contribution in [2.75, 3.05) is 7.11 Å². The van der Waals surface area contributed by atoms with Crippen LogP contribution in [0.3, 0.4) is 0 Å². The van der Waals surface area contributed by atoms with Crippen molar-refractivity contribution in [3.05, 3.63) is 29.8 Å². The number of amidine groups is 1. The van der Waals surface area contributed by atoms with E-state index < -0.39 is 0 Å². The number of hydrogen-bond acceptors (Lipinski definition) is 3. The topological polar surface area (TPSA) is 50.7 Å². The van der Waals surface area contributed by atoms with E-state index in [-0.39, 0.29) is 11.9 Å². The van der Waals surface area contributed by atoms with Crippen molar-refractivity contribution in [3.8, 4) is 5.75 Å². The maximum absolute atomic E-state index is 11.6. The Morgan fingerprint density at radius 2 is 2.06 bits per heavy atom. The molecule has 1 aromatic rings. The number of aliphatic imine (C=N–C) groups is 1. The third-order valence-electron chi connectivity index (χ3n) is 2.75. The third kappa shape index (κ3) is 2.46. The van der Waals surface area contributed by atoms with Gasteiger partial charge in [0.1, 0.15) is 17.6 Å². The van der Waals surface area contributed by atoms with Gasteiger partial charge in [-0.1, -0.05) is 13.3 Å². The Bertz CT molecular complexity index is 437. The summed E-state index contributed by atoms with van der Waals surface area (Å²) in [5, 5.41) is 2.81. The predicted molar refractivity (Wildman–Crippen MR) is 66.4 cm³/mol. The van der Waals surface area contributed by atoms with Gasteiger partial charge in [-0.25, -0.2) is 0 Å². The van der Waals surface area contributed by atoms with Gasteiger partial charge in [0.05, 0.1) is 7.11 Å². The molecule has 90 valence electrons. The molecule has 4 heteroatoms. The Morgan fingerprint density at radius 1 is 1.35 bits per heavy atom. The predicted octanol–water partition coefficient (Wildman–Crippen LogP) is 1.74. The molecule has 2 rings (SSSR count). The minimum atomic E-state index is -0.225. The minimum absolute atomic E-state index is 0.00216. The van der Waals surface area contributed by atoms with E-state index in [1.54, 1.807) is 7.11 Å². The van der Waals surface area contributed by atoms with Crippen molar-refractivity contribution >= 4 is 11.7 Å². The second-order valence-electron chi connectivity index (χ2n) is 4.00. The summed E-state index contributed by atoms with van der Waals surface area (Å²) in [6, 6.07) is 7.28. The van der Waals surface area contributed by atoms with E-state index in [2.05, 4.69) is 10.3 Å². The number of amides is 1. The highest BCUT2D eigenvalue weighted by atomic mass is 16.5. The number of hydrogen-bond donors (Lipinski definition) is 1. The van der Waals surface area contributed by atoms with Gasteiger partial charge in [-0.15, -0.1) is 0 Å². The smallest absolute Gasteiger partial charge is 0.250 e. The zero-order valence-electron chi connectivity index (χ0n) is 10.1. The molecule has 0 saturated carbocycles. The molecule has 0 bridgehead atoms. The van der Waals surface area contributed by atoms with Crippen LogP contribution in [-0.4, -0.2) is 24.9 Å². The summed E-state index contributed by atoms with van der Waals surface area (Å²) in [6.45, 7) is 2.05. The lowest BCUT2D eigenvalue weighted by molar-refractivity contribution is -0.120. The molecular formula is C13H16N2O2. The van der Waals surface area contributed by atoms with E-state index in [9.17, 15) is 4.79 Å². The summed E-state index contributed by atoms with van der Waals surface area (Å²) < 4.78 is 5.09. The molecule has 0 radical (unpaired) electrons. The molecule has 1 unspecified atom stereocenters. The van der Waals surface area contributed by atoms with Gasteiger partial charge in [-0.3, -0.25) is 9.79 Å². The fraction of sp³-hybridized carbons (Fsp3) is 0.385. The van der Waals surface area contributed by atoms with Crippen molar-refractivity contribution in [2.45, 2.75) is 25.8 Å². The van der Waals surface area contributed by atoms with Crippen LogP contribution in [0.15, 0.2) is 29.3 Å². The minimum Gasteiger partial charge on any atom is -0.497 e. The summed E-state index contributed by atoms with van der Waals surface area (Å²) in [5.74, 6) is 1.46. The van der Waals surface area contributed by atoms with E-state index in [1.165, 1.54) is 0 Å². The Hall–Kier alpha value is -1.84. The van der Waals surface area contributed by atoms with Crippen LogP contribution in [0.4, 0.5) is 0 Å². The van der Waals surface area contributed by atoms with Gasteiger partial charge < -0.3 is 10.1 Å². The average molecular weight is 232 g/mol. The molecular weight excluding hydrogens is 216 g/mol. The first kappa shape index (κ1) is 11.6. The normalized spacial score (nSPS) is 18.8. The lowest BCUT2D eigenvalue weighted by atomic mass is 10.2. The number of carbonyl (C=O) groups is 1. The first-order valence-corrected chi connectivity index (χ1v) is 5.77. The van der Waals surface area contributed by atoms with Gasteiger partial charge in [0.15, 0.2) is 0 Å². The number of carbonyl (C=O) groups excluding carboxylic acids is 1. The first-order chi connectivity index (χ1) is 8.24. The SMILES string of the molecule is CCCC1N=C(c2ccc(OC)cc2)NC1=O. The molecule has 0 spiro atoms. The molecule has 1 aliphatic rings. The molecule has 1 aliphatic heterocycles. The maximum Gasteiger partial charge on any atom is 0.250 e. The van der Waals surface area contributed by atoms with Crippen molar-refractivity contribution in [1.82, 2.24) is 5.32 Å². The first-order valence-electron chi connectivity index (χ1n) is 5.77. The summed E-state index contributed by atoms with van der Waals surface area (Å²) in [5.41, 5.74) is 0.915. The maximum atomic E-state index is 11.6. The lowest BCUT2D eigenvalue weighted by Gasteiger charge is -2.02. The molecule has 1 amide bonds. The molecule has 1 atom stereocenters. The van der Waals surface area contributed by atoms with Crippen molar-refractivity contribution < 1.29 is 9.53 Å². The Kier molecular flexibility index (Phi) is 3.42. The number of nitrogens with zero attached hydrogens (tertiary/aromatic N) is 1. The summed E-state index contributed by atoms with van der Waals surface area (Å²) in [7, 11) is 1.63. The molecule has 0 fully saturated rings. The van der Waals surface area contributed by atoms with Crippen LogP contribution in [0.2, 0.25) is 0 Å². The zero-order chi connectivity index (χ0) is 12.3. The number of ether oxygens (including phenoxy) is 1. The highest BCUT2D eigenvalue weighted by molar-refractivity contribution is 6.13. The highest BCUT2D eigenvalue weighted by Gasteiger charge is 2.25. The number of rotatable bonds is 4. The summed E-state index contributed by atoms with van der Waals surface area (Å²) >= 11 is 0. The van der Waals surface area contributed by atoms with E-state index in [4.69, 9.17) is 4.74 Å². The van der Waals surface area contributed by atoms with E-state index >= 15 is 0 Å². The monoisotopic (exact) mass is 232 g/mol. The second-order valence-corrected chi connectivity index (χ2v) is 4.00. The summed E-state index contributed by atoms with van der Waals surface area (Å²) in [6.07, 6.45) is 1.75. The van der Waals surface area contributed by atoms with Gasteiger partial charge >= 0.3 is 0 Å². The van der Waals surface area contributed by atoms with E-state index in [0.717, 1.165) is 24.2 Å². The van der Waals surface area contributed by atoms with Gasteiger partial charge in [0.2, 0.25) is 5.91 Å². The Balaban J connectivity index is 2.17. The van der Waals surface area contributed by atoms with Crippen LogP contribution >= 0.6 is 0 Å². The van der Waals surface area contributed by atoms with Crippen LogP contribution in [0.5, 0.6) is 5.75 Å². The fourth-order valence-corrected chi connectivity index (χ4v) is 1.81. The highest BCUT2D eigenvalue weighted by Crippen LogP contribution is 2.15. The number of benzene rings is 1. The van der Waals surface area contributed by atoms with Crippen LogP contribution in [-0.2, 0) is 4.79 Å². The standard InChI is InChI=1S/C13H16N2O2/c1-3-4-11-13(16)15-12(14-11)9-5-7-10(17-2)8-6-9/h5-8,11H,3-4H2,1-2H3,(H,14,15,16). The molecule has 4 nitrogen and oxygen atoms in total. The molecule has 17 heavy (non-hydrogen) atoms. The summed E-state index contributed by atoms with van der Waals surface area (Å²) in [4.78, 5) is 16.0. The van der Waals surface area contributed by atoms with Gasteiger partial charge in [-0.2, -0.15) is 0 Å². The van der Waals surface area contributed by atoms with Crippen LogP contribution < -0.4 is 10.1 Å². The van der Waals surface area contributed by atoms with E-state index in [1.807, 2.05) is 31.2 Å². The lowest BCUT2D eigenvalue weighted by Crippen LogP contribution is -2.29. The van der Waals surface area contributed by atoms with Gasteiger partial charge in [-0.05, 0) is 30.7 Å². The van der Waals surface area contributed by atoms with Crippen molar-refractivity contribution in [2.24, 2.45) is 4.99 Å². The number of nitrogens with one attached hydrogen (secondary N) is 1. The number of methoxy groups -OCH3 is 1. The van der Waals surface area contributed by atoms with Crippen LogP contribution in [0, 0.1) is 0 Å². The third-order valence-corrected chi connectivity index (χ3v) is 2.75. The Labute approximate surface area is 101 Å². The van der Waals surface area contributed by atoms with Gasteiger partial charge in [0, 0.05) is 5.56 Å². The van der Waals surface area contributed by atoms with Crippen LogP contribution in [0.25, 0.3) is 0 Å². The quantitative estimate of drug-likeness (QED) is 0.859.